The fourth-order valence-electron chi connectivity index (χ4n) is 2.10. The maximum Gasteiger partial charge on any atom is 0.0826 e. The summed E-state index contributed by atoms with van der Waals surface area (Å²) in [6, 6.07) is 2.08. The fourth-order valence-corrected chi connectivity index (χ4v) is 2.10. The molecule has 2 heterocycles. The Morgan fingerprint density at radius 1 is 1.35 bits per heavy atom. The van der Waals surface area contributed by atoms with E-state index in [1.807, 2.05) is 12.4 Å². The summed E-state index contributed by atoms with van der Waals surface area (Å²) in [5.74, 6) is 0. The monoisotopic (exact) mass is 235 g/mol. The van der Waals surface area contributed by atoms with E-state index in [-0.39, 0.29) is 5.60 Å². The molecular weight excluding hydrogens is 214 g/mol. The third-order valence-corrected chi connectivity index (χ3v) is 3.09. The molecule has 94 valence electrons. The lowest BCUT2D eigenvalue weighted by Gasteiger charge is -2.24. The first-order valence-corrected chi connectivity index (χ1v) is 6.29. The van der Waals surface area contributed by atoms with E-state index in [9.17, 15) is 0 Å². The first-order chi connectivity index (χ1) is 8.22. The highest BCUT2D eigenvalue weighted by Gasteiger charge is 2.29. The first kappa shape index (κ1) is 12.2. The van der Waals surface area contributed by atoms with Crippen LogP contribution in [-0.2, 0) is 4.74 Å². The second kappa shape index (κ2) is 5.36. The molecule has 1 aromatic heterocycles. The molecule has 0 saturated carbocycles. The first-order valence-electron chi connectivity index (χ1n) is 6.29. The van der Waals surface area contributed by atoms with Gasteiger partial charge in [0.05, 0.1) is 29.4 Å². The summed E-state index contributed by atoms with van der Waals surface area (Å²) in [6.07, 6.45) is 5.97. The predicted molar refractivity (Wildman–Crippen MR) is 70.5 cm³/mol. The fraction of sp³-hybridized carbons (Fsp3) is 0.615. The van der Waals surface area contributed by atoms with E-state index < -0.39 is 0 Å². The van der Waals surface area contributed by atoms with Gasteiger partial charge in [0.1, 0.15) is 0 Å². The van der Waals surface area contributed by atoms with Crippen molar-refractivity contribution in [3.63, 3.8) is 0 Å². The van der Waals surface area contributed by atoms with E-state index in [0.717, 1.165) is 43.9 Å². The Morgan fingerprint density at radius 3 is 2.76 bits per heavy atom. The van der Waals surface area contributed by atoms with Gasteiger partial charge >= 0.3 is 0 Å². The van der Waals surface area contributed by atoms with E-state index in [1.54, 1.807) is 0 Å². The molecule has 1 fully saturated rings. The Morgan fingerprint density at radius 2 is 2.12 bits per heavy atom. The van der Waals surface area contributed by atoms with Crippen molar-refractivity contribution in [3.8, 4) is 0 Å². The number of pyridine rings is 1. The normalized spacial score (nSPS) is 23.6. The van der Waals surface area contributed by atoms with E-state index >= 15 is 0 Å². The number of nitrogens with one attached hydrogen (secondary N) is 2. The summed E-state index contributed by atoms with van der Waals surface area (Å²) >= 11 is 0. The third-order valence-electron chi connectivity index (χ3n) is 3.09. The smallest absolute Gasteiger partial charge is 0.0826 e. The Labute approximate surface area is 103 Å². The summed E-state index contributed by atoms with van der Waals surface area (Å²) in [5.41, 5.74) is 2.07. The molecule has 0 radical (unpaired) electrons. The van der Waals surface area contributed by atoms with Crippen LogP contribution >= 0.6 is 0 Å². The van der Waals surface area contributed by atoms with Crippen molar-refractivity contribution in [2.24, 2.45) is 0 Å². The summed E-state index contributed by atoms with van der Waals surface area (Å²) in [6.45, 7) is 6.87. The molecule has 1 aromatic rings. The summed E-state index contributed by atoms with van der Waals surface area (Å²) in [4.78, 5) is 4.21. The van der Waals surface area contributed by atoms with Crippen molar-refractivity contribution in [2.45, 2.75) is 32.3 Å². The van der Waals surface area contributed by atoms with Crippen LogP contribution in [0.4, 0.5) is 11.4 Å². The molecule has 0 spiro atoms. The number of hydrogen-bond donors (Lipinski definition) is 2. The molecule has 2 N–H and O–H groups in total. The maximum absolute atomic E-state index is 5.74. The van der Waals surface area contributed by atoms with Crippen LogP contribution in [-0.4, -0.2) is 30.3 Å². The Balaban J connectivity index is 1.91. The molecule has 1 aliphatic rings. The molecule has 2 rings (SSSR count). The Hall–Kier alpha value is -1.29. The molecule has 1 saturated heterocycles. The third kappa shape index (κ3) is 3.33. The van der Waals surface area contributed by atoms with Gasteiger partial charge in [-0.05, 0) is 32.8 Å². The Kier molecular flexibility index (Phi) is 3.84. The average Bonchev–Trinajstić information content (AvgIpc) is 2.76. The zero-order valence-corrected chi connectivity index (χ0v) is 10.6. The van der Waals surface area contributed by atoms with Crippen LogP contribution in [0.2, 0.25) is 0 Å². The SMILES string of the molecule is CCNc1cncc(NCC2(C)CCCO2)c1. The average molecular weight is 235 g/mol. The number of anilines is 2. The second-order valence-electron chi connectivity index (χ2n) is 4.75. The van der Waals surface area contributed by atoms with Crippen LogP contribution in [0.25, 0.3) is 0 Å². The van der Waals surface area contributed by atoms with Crippen molar-refractivity contribution in [2.75, 3.05) is 30.3 Å². The number of hydrogen-bond acceptors (Lipinski definition) is 4. The van der Waals surface area contributed by atoms with Crippen LogP contribution in [0.1, 0.15) is 26.7 Å². The number of ether oxygens (including phenoxy) is 1. The van der Waals surface area contributed by atoms with Crippen molar-refractivity contribution in [1.29, 1.82) is 0 Å². The molecule has 0 aromatic carbocycles. The van der Waals surface area contributed by atoms with Gasteiger partial charge in [0.2, 0.25) is 0 Å². The van der Waals surface area contributed by atoms with E-state index in [4.69, 9.17) is 4.74 Å². The molecule has 0 bridgehead atoms. The van der Waals surface area contributed by atoms with Crippen LogP contribution in [0.5, 0.6) is 0 Å². The van der Waals surface area contributed by atoms with Gasteiger partial charge in [-0.3, -0.25) is 4.98 Å². The van der Waals surface area contributed by atoms with Gasteiger partial charge in [-0.1, -0.05) is 0 Å². The van der Waals surface area contributed by atoms with E-state index in [0.29, 0.717) is 0 Å². The van der Waals surface area contributed by atoms with Gasteiger partial charge in [-0.15, -0.1) is 0 Å². The molecule has 0 aliphatic carbocycles. The lowest BCUT2D eigenvalue weighted by molar-refractivity contribution is 0.0315. The van der Waals surface area contributed by atoms with Gasteiger partial charge in [-0.2, -0.15) is 0 Å². The Bertz CT molecular complexity index is 361. The van der Waals surface area contributed by atoms with Gasteiger partial charge in [0, 0.05) is 19.7 Å². The number of rotatable bonds is 5. The van der Waals surface area contributed by atoms with Gasteiger partial charge in [0.15, 0.2) is 0 Å². The minimum Gasteiger partial charge on any atom is -0.384 e. The predicted octanol–water partition coefficient (Wildman–Crippen LogP) is 2.49. The molecule has 4 heteroatoms. The molecule has 17 heavy (non-hydrogen) atoms. The minimum absolute atomic E-state index is 0.0197. The highest BCUT2D eigenvalue weighted by atomic mass is 16.5. The van der Waals surface area contributed by atoms with Gasteiger partial charge < -0.3 is 15.4 Å². The van der Waals surface area contributed by atoms with Crippen LogP contribution < -0.4 is 10.6 Å². The molecule has 1 aliphatic heterocycles. The summed E-state index contributed by atoms with van der Waals surface area (Å²) in [5, 5.41) is 6.65. The van der Waals surface area contributed by atoms with Crippen LogP contribution in [0.3, 0.4) is 0 Å². The van der Waals surface area contributed by atoms with Crippen LogP contribution in [0, 0.1) is 0 Å². The van der Waals surface area contributed by atoms with E-state index in [1.165, 1.54) is 0 Å². The molecule has 1 atom stereocenters. The highest BCUT2D eigenvalue weighted by molar-refractivity contribution is 5.54. The molecule has 0 amide bonds. The topological polar surface area (TPSA) is 46.2 Å². The van der Waals surface area contributed by atoms with Crippen molar-refractivity contribution < 1.29 is 4.74 Å². The number of nitrogens with zero attached hydrogens (tertiary/aromatic N) is 1. The zero-order chi connectivity index (χ0) is 12.1. The van der Waals surface area contributed by atoms with E-state index in [2.05, 4.69) is 35.5 Å². The lowest BCUT2D eigenvalue weighted by Crippen LogP contribution is -2.32. The van der Waals surface area contributed by atoms with Gasteiger partial charge in [0.25, 0.3) is 0 Å². The largest absolute Gasteiger partial charge is 0.384 e. The highest BCUT2D eigenvalue weighted by Crippen LogP contribution is 2.25. The molecule has 4 nitrogen and oxygen atoms in total. The maximum atomic E-state index is 5.74. The van der Waals surface area contributed by atoms with Crippen molar-refractivity contribution in [1.82, 2.24) is 4.98 Å². The van der Waals surface area contributed by atoms with Gasteiger partial charge in [-0.25, -0.2) is 0 Å². The lowest BCUT2D eigenvalue weighted by atomic mass is 10.0. The molecular formula is C13H21N3O. The van der Waals surface area contributed by atoms with Crippen molar-refractivity contribution in [3.05, 3.63) is 18.5 Å². The second-order valence-corrected chi connectivity index (χ2v) is 4.75. The molecule has 1 unspecified atom stereocenters. The van der Waals surface area contributed by atoms with Crippen LogP contribution in [0.15, 0.2) is 18.5 Å². The standard InChI is InChI=1S/C13H21N3O/c1-3-15-11-7-12(9-14-8-11)16-10-13(2)5-4-6-17-13/h7-9,15-16H,3-6,10H2,1-2H3. The zero-order valence-electron chi connectivity index (χ0n) is 10.6. The summed E-state index contributed by atoms with van der Waals surface area (Å²) in [7, 11) is 0. The minimum atomic E-state index is -0.0197. The summed E-state index contributed by atoms with van der Waals surface area (Å²) < 4.78 is 5.74. The quantitative estimate of drug-likeness (QED) is 0.823. The number of aromatic nitrogens is 1. The van der Waals surface area contributed by atoms with Crippen molar-refractivity contribution >= 4 is 11.4 Å².